The summed E-state index contributed by atoms with van der Waals surface area (Å²) in [5.74, 6) is -0.354. The van der Waals surface area contributed by atoms with Crippen LogP contribution in [0.25, 0.3) is 11.4 Å². The fourth-order valence-electron chi connectivity index (χ4n) is 2.98. The van der Waals surface area contributed by atoms with Crippen molar-refractivity contribution in [3.05, 3.63) is 68.6 Å². The maximum absolute atomic E-state index is 13.2. The highest BCUT2D eigenvalue weighted by atomic mass is 79.9. The number of carbonyl (C=O) groups is 2. The minimum atomic E-state index is -3.57. The maximum Gasteiger partial charge on any atom is 0.261 e. The zero-order chi connectivity index (χ0) is 25.1. The van der Waals surface area contributed by atoms with E-state index in [1.807, 2.05) is 26.8 Å². The van der Waals surface area contributed by atoms with Crippen LogP contribution in [0.3, 0.4) is 0 Å². The summed E-state index contributed by atoms with van der Waals surface area (Å²) in [6.07, 6.45) is 4.25. The lowest BCUT2D eigenvalue weighted by atomic mass is 9.95. The molecule has 1 atom stereocenters. The van der Waals surface area contributed by atoms with Crippen LogP contribution in [-0.4, -0.2) is 48.9 Å². The minimum absolute atomic E-state index is 0.115. The van der Waals surface area contributed by atoms with Crippen LogP contribution in [0.5, 0.6) is 0 Å². The molecule has 0 radical (unpaired) electrons. The number of aromatic nitrogens is 2. The highest BCUT2D eigenvalue weighted by molar-refractivity contribution is 9.10. The molecule has 3 aromatic rings. The summed E-state index contributed by atoms with van der Waals surface area (Å²) in [7, 11) is -3.57. The van der Waals surface area contributed by atoms with Crippen molar-refractivity contribution in [1.29, 1.82) is 0 Å². The molecule has 0 bridgehead atoms. The average Bonchev–Trinajstić information content (AvgIpc) is 3.27. The molecule has 0 fully saturated rings. The van der Waals surface area contributed by atoms with Gasteiger partial charge in [-0.25, -0.2) is 23.1 Å². The van der Waals surface area contributed by atoms with Crippen molar-refractivity contribution in [2.24, 2.45) is 0 Å². The molecular formula is C23H25BrN4O4S2. The molecule has 1 unspecified atom stereocenters. The number of benzene rings is 1. The average molecular weight is 566 g/mol. The Labute approximate surface area is 211 Å². The smallest absolute Gasteiger partial charge is 0.261 e. The van der Waals surface area contributed by atoms with Crippen LogP contribution in [0, 0.1) is 0 Å². The fourth-order valence-corrected chi connectivity index (χ4v) is 4.62. The fraction of sp³-hybridized carbons (Fsp3) is 0.304. The van der Waals surface area contributed by atoms with Gasteiger partial charge in [0, 0.05) is 34.9 Å². The van der Waals surface area contributed by atoms with E-state index in [4.69, 9.17) is 0 Å². The standard InChI is InChI=1S/C23H25BrN4O4S2/c1-23(2,3)19-10-9-18(33-19)22(30)28-17(13-27-34(4,31)32)20(29)14-5-7-15(8-6-14)21-25-11-16(24)12-26-21/h5-12,17,27H,13H2,1-4H3,(H,28,30). The summed E-state index contributed by atoms with van der Waals surface area (Å²) in [5.41, 5.74) is 0.923. The van der Waals surface area contributed by atoms with Gasteiger partial charge in [-0.2, -0.15) is 0 Å². The predicted molar refractivity (Wildman–Crippen MR) is 137 cm³/mol. The summed E-state index contributed by atoms with van der Waals surface area (Å²) in [4.78, 5) is 36.0. The lowest BCUT2D eigenvalue weighted by molar-refractivity contribution is 0.0861. The van der Waals surface area contributed by atoms with Crippen molar-refractivity contribution < 1.29 is 18.0 Å². The van der Waals surface area contributed by atoms with Gasteiger partial charge in [-0.05, 0) is 33.5 Å². The van der Waals surface area contributed by atoms with Gasteiger partial charge in [-0.3, -0.25) is 9.59 Å². The van der Waals surface area contributed by atoms with Crippen LogP contribution in [0.15, 0.2) is 53.3 Å². The number of rotatable bonds is 8. The van der Waals surface area contributed by atoms with E-state index in [-0.39, 0.29) is 12.0 Å². The molecule has 1 aromatic carbocycles. The Morgan fingerprint density at radius 3 is 2.21 bits per heavy atom. The van der Waals surface area contributed by atoms with Crippen LogP contribution >= 0.6 is 27.3 Å². The number of nitrogens with one attached hydrogen (secondary N) is 2. The first-order valence-electron chi connectivity index (χ1n) is 10.3. The molecule has 180 valence electrons. The molecule has 1 amide bonds. The number of hydrogen-bond donors (Lipinski definition) is 2. The summed E-state index contributed by atoms with van der Waals surface area (Å²) >= 11 is 4.63. The van der Waals surface area contributed by atoms with Gasteiger partial charge in [0.1, 0.15) is 6.04 Å². The lowest BCUT2D eigenvalue weighted by Crippen LogP contribution is -2.48. The molecule has 2 aromatic heterocycles. The number of ketones is 1. The normalized spacial score (nSPS) is 12.9. The van der Waals surface area contributed by atoms with Crippen LogP contribution in [0.4, 0.5) is 0 Å². The van der Waals surface area contributed by atoms with Crippen molar-refractivity contribution in [2.75, 3.05) is 12.8 Å². The van der Waals surface area contributed by atoms with Gasteiger partial charge in [0.15, 0.2) is 11.6 Å². The maximum atomic E-state index is 13.2. The molecule has 0 saturated carbocycles. The molecule has 3 rings (SSSR count). The van der Waals surface area contributed by atoms with Crippen molar-refractivity contribution in [1.82, 2.24) is 20.0 Å². The number of thiophene rings is 1. The third kappa shape index (κ3) is 7.02. The molecule has 0 aliphatic heterocycles. The number of amides is 1. The van der Waals surface area contributed by atoms with Crippen LogP contribution < -0.4 is 10.0 Å². The highest BCUT2D eigenvalue weighted by Crippen LogP contribution is 2.29. The first-order chi connectivity index (χ1) is 15.8. The SMILES string of the molecule is CC(C)(C)c1ccc(C(=O)NC(CNS(C)(=O)=O)C(=O)c2ccc(-c3ncc(Br)cn3)cc2)s1. The number of sulfonamides is 1. The Balaban J connectivity index is 1.81. The third-order valence-electron chi connectivity index (χ3n) is 4.79. The van der Waals surface area contributed by atoms with Crippen LogP contribution in [-0.2, 0) is 15.4 Å². The van der Waals surface area contributed by atoms with Crippen LogP contribution in [0.1, 0.15) is 45.7 Å². The van der Waals surface area contributed by atoms with E-state index in [0.717, 1.165) is 15.6 Å². The van der Waals surface area contributed by atoms with E-state index in [0.29, 0.717) is 21.8 Å². The summed E-state index contributed by atoms with van der Waals surface area (Å²) in [6.45, 7) is 5.88. The van der Waals surface area contributed by atoms with Crippen molar-refractivity contribution in [2.45, 2.75) is 32.2 Å². The number of halogens is 1. The van der Waals surface area contributed by atoms with E-state index in [9.17, 15) is 18.0 Å². The second kappa shape index (κ2) is 10.4. The van der Waals surface area contributed by atoms with Gasteiger partial charge in [0.25, 0.3) is 5.91 Å². The van der Waals surface area contributed by atoms with Crippen molar-refractivity contribution >= 4 is 49.0 Å². The van der Waals surface area contributed by atoms with E-state index >= 15 is 0 Å². The van der Waals surface area contributed by atoms with Gasteiger partial charge < -0.3 is 5.32 Å². The highest BCUT2D eigenvalue weighted by Gasteiger charge is 2.26. The van der Waals surface area contributed by atoms with Gasteiger partial charge in [0.2, 0.25) is 10.0 Å². The molecule has 0 aliphatic carbocycles. The zero-order valence-electron chi connectivity index (χ0n) is 19.1. The Morgan fingerprint density at radius 2 is 1.68 bits per heavy atom. The minimum Gasteiger partial charge on any atom is -0.340 e. The van der Waals surface area contributed by atoms with Crippen LogP contribution in [0.2, 0.25) is 0 Å². The monoisotopic (exact) mass is 564 g/mol. The topological polar surface area (TPSA) is 118 Å². The van der Waals surface area contributed by atoms with Gasteiger partial charge in [0.05, 0.1) is 15.6 Å². The quantitative estimate of drug-likeness (QED) is 0.402. The Morgan fingerprint density at radius 1 is 1.06 bits per heavy atom. The molecule has 11 heteroatoms. The number of hydrogen-bond acceptors (Lipinski definition) is 7. The predicted octanol–water partition coefficient (Wildman–Crippen LogP) is 3.80. The number of Topliss-reactive ketones (excluding diaryl/α,β-unsaturated/α-hetero) is 1. The Bertz CT molecular complexity index is 1280. The summed E-state index contributed by atoms with van der Waals surface area (Å²) < 4.78 is 26.3. The van der Waals surface area contributed by atoms with Gasteiger partial charge >= 0.3 is 0 Å². The second-order valence-electron chi connectivity index (χ2n) is 8.73. The molecule has 2 N–H and O–H groups in total. The van der Waals surface area contributed by atoms with E-state index in [1.54, 1.807) is 42.7 Å². The second-order valence-corrected chi connectivity index (χ2v) is 12.6. The number of carbonyl (C=O) groups excluding carboxylic acids is 2. The van der Waals surface area contributed by atoms with Gasteiger partial charge in [-0.15, -0.1) is 11.3 Å². The Kier molecular flexibility index (Phi) is 8.02. The lowest BCUT2D eigenvalue weighted by Gasteiger charge is -2.18. The van der Waals surface area contributed by atoms with E-state index in [1.165, 1.54) is 11.3 Å². The van der Waals surface area contributed by atoms with Gasteiger partial charge in [-0.1, -0.05) is 45.0 Å². The molecule has 0 aliphatic rings. The summed E-state index contributed by atoms with van der Waals surface area (Å²) in [5, 5.41) is 2.69. The third-order valence-corrected chi connectivity index (χ3v) is 7.40. The zero-order valence-corrected chi connectivity index (χ0v) is 22.3. The molecule has 34 heavy (non-hydrogen) atoms. The van der Waals surface area contributed by atoms with Crippen molar-refractivity contribution in [3.63, 3.8) is 0 Å². The molecular weight excluding hydrogens is 540 g/mol. The summed E-state index contributed by atoms with van der Waals surface area (Å²) in [6, 6.07) is 9.12. The molecule has 0 saturated heterocycles. The van der Waals surface area contributed by atoms with E-state index < -0.39 is 27.8 Å². The molecule has 0 spiro atoms. The largest absolute Gasteiger partial charge is 0.340 e. The molecule has 8 nitrogen and oxygen atoms in total. The Hall–Kier alpha value is -2.47. The molecule has 2 heterocycles. The first-order valence-corrected chi connectivity index (χ1v) is 13.8. The van der Waals surface area contributed by atoms with E-state index in [2.05, 4.69) is 35.9 Å². The van der Waals surface area contributed by atoms with Crippen molar-refractivity contribution in [3.8, 4) is 11.4 Å². The first kappa shape index (κ1) is 26.1. The number of nitrogens with zero attached hydrogens (tertiary/aromatic N) is 2.